The van der Waals surface area contributed by atoms with Crippen molar-refractivity contribution in [2.75, 3.05) is 6.61 Å². The van der Waals surface area contributed by atoms with Crippen molar-refractivity contribution in [3.63, 3.8) is 0 Å². The first-order valence-corrected chi connectivity index (χ1v) is 5.83. The maximum atomic E-state index is 9.00. The van der Waals surface area contributed by atoms with Gasteiger partial charge in [-0.2, -0.15) is 5.26 Å². The van der Waals surface area contributed by atoms with Crippen LogP contribution >= 0.6 is 15.9 Å². The van der Waals surface area contributed by atoms with Gasteiger partial charge in [0.25, 0.3) is 0 Å². The Morgan fingerprint density at radius 1 is 1.53 bits per heavy atom. The number of benzene rings is 1. The molecule has 0 atom stereocenters. The van der Waals surface area contributed by atoms with Crippen molar-refractivity contribution in [2.45, 2.75) is 19.8 Å². The van der Waals surface area contributed by atoms with E-state index < -0.39 is 0 Å². The van der Waals surface area contributed by atoms with Crippen molar-refractivity contribution in [2.24, 2.45) is 5.92 Å². The average Bonchev–Trinajstić information content (AvgIpc) is 2.99. The Labute approximate surface area is 98.0 Å². The van der Waals surface area contributed by atoms with Gasteiger partial charge in [-0.3, -0.25) is 0 Å². The summed E-state index contributed by atoms with van der Waals surface area (Å²) in [7, 11) is 0. The van der Waals surface area contributed by atoms with Crippen LogP contribution in [0, 0.1) is 24.2 Å². The number of aryl methyl sites for hydroxylation is 1. The number of nitriles is 1. The van der Waals surface area contributed by atoms with E-state index in [9.17, 15) is 0 Å². The largest absolute Gasteiger partial charge is 0.491 e. The molecule has 0 saturated heterocycles. The molecule has 1 aliphatic rings. The lowest BCUT2D eigenvalue weighted by Crippen LogP contribution is -2.01. The van der Waals surface area contributed by atoms with Gasteiger partial charge in [0.1, 0.15) is 6.07 Å². The van der Waals surface area contributed by atoms with Crippen molar-refractivity contribution < 1.29 is 4.74 Å². The Morgan fingerprint density at radius 3 is 2.87 bits per heavy atom. The third kappa shape index (κ3) is 2.51. The minimum Gasteiger partial charge on any atom is -0.491 e. The Morgan fingerprint density at radius 2 is 2.27 bits per heavy atom. The SMILES string of the molecule is Cc1cc(Br)c(OCC2CC2)c(C#N)c1. The second kappa shape index (κ2) is 4.24. The molecule has 1 saturated carbocycles. The molecule has 78 valence electrons. The summed E-state index contributed by atoms with van der Waals surface area (Å²) in [6, 6.07) is 6.00. The van der Waals surface area contributed by atoms with Crippen molar-refractivity contribution in [1.82, 2.24) is 0 Å². The van der Waals surface area contributed by atoms with Gasteiger partial charge in [0.15, 0.2) is 5.75 Å². The molecule has 0 unspecified atom stereocenters. The first-order chi connectivity index (χ1) is 7.20. The molecular formula is C12H12BrNO. The minimum atomic E-state index is 0.613. The summed E-state index contributed by atoms with van der Waals surface area (Å²) in [6.07, 6.45) is 2.51. The Balaban J connectivity index is 2.22. The van der Waals surface area contributed by atoms with E-state index in [-0.39, 0.29) is 0 Å². The van der Waals surface area contributed by atoms with E-state index in [0.717, 1.165) is 16.6 Å². The van der Waals surface area contributed by atoms with Gasteiger partial charge in [-0.25, -0.2) is 0 Å². The lowest BCUT2D eigenvalue weighted by atomic mass is 10.1. The zero-order chi connectivity index (χ0) is 10.8. The number of hydrogen-bond donors (Lipinski definition) is 0. The van der Waals surface area contributed by atoms with E-state index in [2.05, 4.69) is 22.0 Å². The molecular weight excluding hydrogens is 254 g/mol. The van der Waals surface area contributed by atoms with Crippen LogP contribution in [0.2, 0.25) is 0 Å². The molecule has 1 aromatic rings. The van der Waals surface area contributed by atoms with Crippen molar-refractivity contribution in [3.8, 4) is 11.8 Å². The molecule has 15 heavy (non-hydrogen) atoms. The van der Waals surface area contributed by atoms with E-state index in [1.165, 1.54) is 12.8 Å². The Kier molecular flexibility index (Phi) is 2.97. The van der Waals surface area contributed by atoms with E-state index in [1.54, 1.807) is 0 Å². The summed E-state index contributed by atoms with van der Waals surface area (Å²) in [6.45, 7) is 2.70. The van der Waals surface area contributed by atoms with Gasteiger partial charge in [0.2, 0.25) is 0 Å². The third-order valence-electron chi connectivity index (χ3n) is 2.47. The van der Waals surface area contributed by atoms with E-state index in [0.29, 0.717) is 17.2 Å². The molecule has 2 nitrogen and oxygen atoms in total. The summed E-state index contributed by atoms with van der Waals surface area (Å²) in [5.74, 6) is 1.39. The highest BCUT2D eigenvalue weighted by Gasteiger charge is 2.23. The molecule has 1 aliphatic carbocycles. The summed E-state index contributed by atoms with van der Waals surface area (Å²) in [5, 5.41) is 9.00. The van der Waals surface area contributed by atoms with Gasteiger partial charge in [-0.15, -0.1) is 0 Å². The molecule has 0 radical (unpaired) electrons. The van der Waals surface area contributed by atoms with Gasteiger partial charge in [-0.1, -0.05) is 0 Å². The predicted molar refractivity (Wildman–Crippen MR) is 61.8 cm³/mol. The first-order valence-electron chi connectivity index (χ1n) is 5.03. The fourth-order valence-electron chi connectivity index (χ4n) is 1.44. The van der Waals surface area contributed by atoms with Gasteiger partial charge in [0, 0.05) is 0 Å². The molecule has 0 spiro atoms. The van der Waals surface area contributed by atoms with Crippen LogP contribution in [0.3, 0.4) is 0 Å². The van der Waals surface area contributed by atoms with Gasteiger partial charge in [0.05, 0.1) is 16.6 Å². The highest BCUT2D eigenvalue weighted by Crippen LogP contribution is 2.34. The standard InChI is InChI=1S/C12H12BrNO/c1-8-4-10(6-14)12(11(13)5-8)15-7-9-2-3-9/h4-5,9H,2-3,7H2,1H3. The molecule has 3 heteroatoms. The number of nitrogens with zero attached hydrogens (tertiary/aromatic N) is 1. The van der Waals surface area contributed by atoms with Gasteiger partial charge in [-0.05, 0) is 59.3 Å². The van der Waals surface area contributed by atoms with Crippen LogP contribution in [0.5, 0.6) is 5.75 Å². The summed E-state index contributed by atoms with van der Waals surface area (Å²) < 4.78 is 6.54. The van der Waals surface area contributed by atoms with Crippen molar-refractivity contribution in [1.29, 1.82) is 5.26 Å². The molecule has 0 amide bonds. The van der Waals surface area contributed by atoms with E-state index >= 15 is 0 Å². The molecule has 0 aliphatic heterocycles. The third-order valence-corrected chi connectivity index (χ3v) is 3.06. The van der Waals surface area contributed by atoms with Gasteiger partial charge >= 0.3 is 0 Å². The van der Waals surface area contributed by atoms with Crippen molar-refractivity contribution in [3.05, 3.63) is 27.7 Å². The van der Waals surface area contributed by atoms with Crippen LogP contribution in [0.15, 0.2) is 16.6 Å². The average molecular weight is 266 g/mol. The van der Waals surface area contributed by atoms with Crippen molar-refractivity contribution >= 4 is 15.9 Å². The number of halogens is 1. The summed E-state index contributed by atoms with van der Waals surface area (Å²) in [5.41, 5.74) is 1.68. The monoisotopic (exact) mass is 265 g/mol. The number of rotatable bonds is 3. The molecule has 2 rings (SSSR count). The second-order valence-electron chi connectivity index (χ2n) is 3.99. The molecule has 1 aromatic carbocycles. The van der Waals surface area contributed by atoms with E-state index in [1.807, 2.05) is 19.1 Å². The lowest BCUT2D eigenvalue weighted by Gasteiger charge is -2.10. The summed E-state index contributed by atoms with van der Waals surface area (Å²) >= 11 is 3.43. The zero-order valence-electron chi connectivity index (χ0n) is 8.59. The highest BCUT2D eigenvalue weighted by atomic mass is 79.9. The minimum absolute atomic E-state index is 0.613. The Hall–Kier alpha value is -1.01. The fraction of sp³-hybridized carbons (Fsp3) is 0.417. The van der Waals surface area contributed by atoms with Crippen LogP contribution in [0.1, 0.15) is 24.0 Å². The zero-order valence-corrected chi connectivity index (χ0v) is 10.2. The van der Waals surface area contributed by atoms with Crippen LogP contribution < -0.4 is 4.74 Å². The molecule has 0 heterocycles. The van der Waals surface area contributed by atoms with Crippen LogP contribution in [0.25, 0.3) is 0 Å². The number of ether oxygens (including phenoxy) is 1. The quantitative estimate of drug-likeness (QED) is 0.839. The lowest BCUT2D eigenvalue weighted by molar-refractivity contribution is 0.297. The van der Waals surface area contributed by atoms with E-state index in [4.69, 9.17) is 10.00 Å². The topological polar surface area (TPSA) is 33.0 Å². The predicted octanol–water partition coefficient (Wildman–Crippen LogP) is 3.42. The highest BCUT2D eigenvalue weighted by molar-refractivity contribution is 9.10. The molecule has 0 N–H and O–H groups in total. The maximum Gasteiger partial charge on any atom is 0.151 e. The van der Waals surface area contributed by atoms with Crippen LogP contribution in [-0.4, -0.2) is 6.61 Å². The fourth-order valence-corrected chi connectivity index (χ4v) is 2.13. The number of hydrogen-bond acceptors (Lipinski definition) is 2. The first kappa shape index (κ1) is 10.5. The van der Waals surface area contributed by atoms with Gasteiger partial charge < -0.3 is 4.74 Å². The normalized spacial score (nSPS) is 14.7. The molecule has 0 aromatic heterocycles. The van der Waals surface area contributed by atoms with Crippen LogP contribution in [-0.2, 0) is 0 Å². The Bertz CT molecular complexity index is 418. The summed E-state index contributed by atoms with van der Waals surface area (Å²) in [4.78, 5) is 0. The maximum absolute atomic E-state index is 9.00. The van der Waals surface area contributed by atoms with Crippen LogP contribution in [0.4, 0.5) is 0 Å². The molecule has 1 fully saturated rings. The smallest absolute Gasteiger partial charge is 0.151 e. The second-order valence-corrected chi connectivity index (χ2v) is 4.84. The molecule has 0 bridgehead atoms.